The normalized spacial score (nSPS) is 12.3. The highest BCUT2D eigenvalue weighted by atomic mass is 16.7. The van der Waals surface area contributed by atoms with Gasteiger partial charge >= 0.3 is 17.9 Å². The highest BCUT2D eigenvalue weighted by molar-refractivity contribution is 5.68. The summed E-state index contributed by atoms with van der Waals surface area (Å²) in [4.78, 5) is 31.6. The van der Waals surface area contributed by atoms with Crippen LogP contribution in [0.1, 0.15) is 40.2 Å². The Morgan fingerprint density at radius 2 is 1.29 bits per heavy atom. The largest absolute Gasteiger partial charge is 0.454 e. The summed E-state index contributed by atoms with van der Waals surface area (Å²) < 4.78 is 34.8. The third kappa shape index (κ3) is 10.7. The standard InChI is InChI=1S/C13H14O4.C8H12O4.C7H6O2/c1-9(7-15-10(2)14)5-11-3-4-12-13(6-11)17-8-16-12;1-5(2)8(11-6(3)9)12-7(4)10;1-2-4-7-6(3-1)8-5-9-7/h3-4,6-7H,5,8H2,1-2H3;8H,1H2,2-4H3;1-4H,5H2. The van der Waals surface area contributed by atoms with Crippen LogP contribution < -0.4 is 18.9 Å². The fraction of sp³-hybridized carbons (Fsp3) is 0.321. The van der Waals surface area contributed by atoms with Crippen LogP contribution in [-0.4, -0.2) is 37.8 Å². The quantitative estimate of drug-likeness (QED) is 0.223. The molecule has 0 aromatic heterocycles. The fourth-order valence-corrected chi connectivity index (χ4v) is 2.97. The summed E-state index contributed by atoms with van der Waals surface area (Å²) in [5.41, 5.74) is 2.54. The molecule has 0 N–H and O–H groups in total. The predicted octanol–water partition coefficient (Wildman–Crippen LogP) is 4.85. The molecule has 2 aliphatic heterocycles. The first kappa shape index (κ1) is 29.8. The average Bonchev–Trinajstić information content (AvgIpc) is 3.51. The van der Waals surface area contributed by atoms with E-state index in [1.54, 1.807) is 6.92 Å². The minimum atomic E-state index is -0.958. The number of hydrogen-bond donors (Lipinski definition) is 0. The molecular weight excluding hydrogens is 496 g/mol. The third-order valence-corrected chi connectivity index (χ3v) is 4.57. The third-order valence-electron chi connectivity index (χ3n) is 4.57. The van der Waals surface area contributed by atoms with Crippen molar-refractivity contribution in [2.24, 2.45) is 0 Å². The first-order valence-corrected chi connectivity index (χ1v) is 11.6. The van der Waals surface area contributed by atoms with E-state index in [9.17, 15) is 14.4 Å². The number of fused-ring (bicyclic) bond motifs is 2. The van der Waals surface area contributed by atoms with E-state index in [-0.39, 0.29) is 12.8 Å². The minimum Gasteiger partial charge on any atom is -0.454 e. The first-order valence-electron chi connectivity index (χ1n) is 11.6. The number of esters is 3. The molecule has 0 radical (unpaired) electrons. The van der Waals surface area contributed by atoms with E-state index in [1.165, 1.54) is 27.0 Å². The highest BCUT2D eigenvalue weighted by Crippen LogP contribution is 2.33. The Hall–Kier alpha value is -4.47. The molecule has 2 aromatic rings. The Labute approximate surface area is 221 Å². The second-order valence-corrected chi connectivity index (χ2v) is 8.19. The molecule has 0 amide bonds. The van der Waals surface area contributed by atoms with Crippen molar-refractivity contribution in [3.05, 3.63) is 72.0 Å². The molecule has 10 nitrogen and oxygen atoms in total. The van der Waals surface area contributed by atoms with Crippen molar-refractivity contribution in [2.75, 3.05) is 13.6 Å². The highest BCUT2D eigenvalue weighted by Gasteiger charge is 2.15. The first-order chi connectivity index (χ1) is 18.0. The van der Waals surface area contributed by atoms with Crippen LogP contribution in [0.15, 0.2) is 66.5 Å². The van der Waals surface area contributed by atoms with Crippen molar-refractivity contribution >= 4 is 17.9 Å². The lowest BCUT2D eigenvalue weighted by Crippen LogP contribution is -2.23. The van der Waals surface area contributed by atoms with E-state index in [1.807, 2.05) is 49.4 Å². The van der Waals surface area contributed by atoms with Crippen LogP contribution in [0.2, 0.25) is 0 Å². The maximum Gasteiger partial charge on any atom is 0.307 e. The number of ether oxygens (including phenoxy) is 7. The van der Waals surface area contributed by atoms with Gasteiger partial charge in [0.2, 0.25) is 13.6 Å². The molecule has 0 saturated heterocycles. The van der Waals surface area contributed by atoms with E-state index < -0.39 is 18.2 Å². The van der Waals surface area contributed by atoms with Crippen LogP contribution in [0.5, 0.6) is 23.0 Å². The predicted molar refractivity (Wildman–Crippen MR) is 136 cm³/mol. The lowest BCUT2D eigenvalue weighted by molar-refractivity contribution is -0.177. The zero-order valence-electron chi connectivity index (χ0n) is 22.1. The molecule has 0 bridgehead atoms. The Balaban J connectivity index is 0.000000211. The molecule has 10 heteroatoms. The summed E-state index contributed by atoms with van der Waals surface area (Å²) in [6.45, 7) is 11.5. The van der Waals surface area contributed by atoms with E-state index >= 15 is 0 Å². The van der Waals surface area contributed by atoms with Crippen molar-refractivity contribution in [1.29, 1.82) is 0 Å². The van der Waals surface area contributed by atoms with Gasteiger partial charge in [-0.05, 0) is 55.7 Å². The number of benzene rings is 2. The SMILES string of the molecule is C=C(C)C(OC(C)=O)OC(C)=O.CC(=O)OC=C(C)Cc1ccc2c(c1)OCO2.c1ccc2c(c1)OCO2. The van der Waals surface area contributed by atoms with Gasteiger partial charge in [0, 0.05) is 26.3 Å². The van der Waals surface area contributed by atoms with Crippen LogP contribution in [0.25, 0.3) is 0 Å². The van der Waals surface area contributed by atoms with Gasteiger partial charge in [-0.1, -0.05) is 24.8 Å². The van der Waals surface area contributed by atoms with Crippen LogP contribution in [-0.2, 0) is 35.0 Å². The monoisotopic (exact) mass is 528 g/mol. The molecule has 0 saturated carbocycles. The molecule has 2 aromatic carbocycles. The van der Waals surface area contributed by atoms with Crippen LogP contribution in [0.3, 0.4) is 0 Å². The van der Waals surface area contributed by atoms with Gasteiger partial charge < -0.3 is 33.2 Å². The van der Waals surface area contributed by atoms with Gasteiger partial charge in [0.25, 0.3) is 6.29 Å². The number of rotatable bonds is 6. The molecule has 0 atom stereocenters. The second kappa shape index (κ2) is 14.9. The number of carbonyl (C=O) groups excluding carboxylic acids is 3. The summed E-state index contributed by atoms with van der Waals surface area (Å²) in [5.74, 6) is 1.90. The maximum atomic E-state index is 10.7. The van der Waals surface area contributed by atoms with E-state index in [0.717, 1.165) is 34.1 Å². The molecule has 0 unspecified atom stereocenters. The Bertz CT molecular complexity index is 1130. The average molecular weight is 529 g/mol. The summed E-state index contributed by atoms with van der Waals surface area (Å²) >= 11 is 0. The fourth-order valence-electron chi connectivity index (χ4n) is 2.97. The van der Waals surface area contributed by atoms with Crippen molar-refractivity contribution in [3.63, 3.8) is 0 Å². The summed E-state index contributed by atoms with van der Waals surface area (Å²) in [7, 11) is 0. The van der Waals surface area contributed by atoms with Gasteiger partial charge in [-0.15, -0.1) is 0 Å². The van der Waals surface area contributed by atoms with Crippen LogP contribution in [0.4, 0.5) is 0 Å². The Morgan fingerprint density at radius 3 is 1.76 bits per heavy atom. The van der Waals surface area contributed by atoms with E-state index in [0.29, 0.717) is 18.8 Å². The molecule has 2 aliphatic rings. The molecule has 0 fully saturated rings. The van der Waals surface area contributed by atoms with Gasteiger partial charge in [-0.25, -0.2) is 0 Å². The van der Waals surface area contributed by atoms with Gasteiger partial charge in [-0.2, -0.15) is 0 Å². The number of allylic oxidation sites excluding steroid dienone is 1. The molecule has 2 heterocycles. The zero-order valence-corrected chi connectivity index (χ0v) is 22.1. The van der Waals surface area contributed by atoms with Gasteiger partial charge in [-0.3, -0.25) is 14.4 Å². The lowest BCUT2D eigenvalue weighted by Gasteiger charge is -2.15. The Kier molecular flexibility index (Phi) is 11.7. The maximum absolute atomic E-state index is 10.7. The smallest absolute Gasteiger partial charge is 0.307 e. The topological polar surface area (TPSA) is 116 Å². The van der Waals surface area contributed by atoms with Crippen molar-refractivity contribution in [2.45, 2.75) is 47.3 Å². The van der Waals surface area contributed by atoms with E-state index in [4.69, 9.17) is 23.7 Å². The lowest BCUT2D eigenvalue weighted by atomic mass is 10.1. The van der Waals surface area contributed by atoms with Gasteiger partial charge in [0.15, 0.2) is 23.0 Å². The molecular formula is C28H32O10. The van der Waals surface area contributed by atoms with Crippen LogP contribution >= 0.6 is 0 Å². The van der Waals surface area contributed by atoms with Gasteiger partial charge in [0.1, 0.15) is 0 Å². The second-order valence-electron chi connectivity index (χ2n) is 8.19. The zero-order chi connectivity index (χ0) is 28.1. The van der Waals surface area contributed by atoms with Crippen LogP contribution in [0, 0.1) is 0 Å². The number of carbonyl (C=O) groups is 3. The molecule has 0 aliphatic carbocycles. The molecule has 204 valence electrons. The van der Waals surface area contributed by atoms with Crippen molar-refractivity contribution < 1.29 is 47.5 Å². The van der Waals surface area contributed by atoms with Crippen molar-refractivity contribution in [3.8, 4) is 23.0 Å². The summed E-state index contributed by atoms with van der Waals surface area (Å²) in [6, 6.07) is 13.4. The summed E-state index contributed by atoms with van der Waals surface area (Å²) in [5, 5.41) is 0. The van der Waals surface area contributed by atoms with E-state index in [2.05, 4.69) is 16.1 Å². The van der Waals surface area contributed by atoms with Gasteiger partial charge in [0.05, 0.1) is 6.26 Å². The molecule has 38 heavy (non-hydrogen) atoms. The van der Waals surface area contributed by atoms with Crippen molar-refractivity contribution in [1.82, 2.24) is 0 Å². The minimum absolute atomic E-state index is 0.279. The Morgan fingerprint density at radius 1 is 0.789 bits per heavy atom. The number of para-hydroxylation sites is 2. The molecule has 0 spiro atoms. The summed E-state index contributed by atoms with van der Waals surface area (Å²) in [6.07, 6.45) is 1.23. The number of hydrogen-bond acceptors (Lipinski definition) is 10. The molecule has 4 rings (SSSR count).